The maximum Gasteiger partial charge on any atom is 0.373 e. The summed E-state index contributed by atoms with van der Waals surface area (Å²) in [5.41, 5.74) is -0.362. The van der Waals surface area contributed by atoms with E-state index in [1.54, 1.807) is 4.90 Å². The Bertz CT molecular complexity index is 1330. The molecule has 15 heteroatoms. The number of urea groups is 1. The molecule has 1 N–H and O–H groups in total. The van der Waals surface area contributed by atoms with Gasteiger partial charge in [0.05, 0.1) is 36.3 Å². The molecule has 2 aliphatic heterocycles. The molecule has 0 aliphatic carbocycles. The summed E-state index contributed by atoms with van der Waals surface area (Å²) < 4.78 is 20.7. The highest BCUT2D eigenvalue weighted by atomic mass is 79.9. The largest absolute Gasteiger partial charge is 0.476 e. The quantitative estimate of drug-likeness (QED) is 0.157. The van der Waals surface area contributed by atoms with Crippen molar-refractivity contribution < 1.29 is 42.7 Å². The van der Waals surface area contributed by atoms with Crippen LogP contribution < -0.4 is 10.1 Å². The summed E-state index contributed by atoms with van der Waals surface area (Å²) in [5.74, 6) is -1.82. The summed E-state index contributed by atoms with van der Waals surface area (Å²) in [4.78, 5) is 62.6. The number of hydrogen-bond acceptors (Lipinski definition) is 10. The third-order valence-corrected chi connectivity index (χ3v) is 6.17. The van der Waals surface area contributed by atoms with Crippen molar-refractivity contribution in [2.45, 2.75) is 6.54 Å². The number of carbonyl (C=O) groups is 4. The van der Waals surface area contributed by atoms with Crippen LogP contribution in [0.4, 0.5) is 10.5 Å². The molecule has 4 amide bonds. The summed E-state index contributed by atoms with van der Waals surface area (Å²) >= 11 is 3.23. The van der Waals surface area contributed by atoms with Crippen LogP contribution in [0.1, 0.15) is 21.9 Å². The Morgan fingerprint density at radius 1 is 1.24 bits per heavy atom. The maximum absolute atomic E-state index is 12.8. The van der Waals surface area contributed by atoms with E-state index >= 15 is 0 Å². The van der Waals surface area contributed by atoms with Crippen LogP contribution in [0.2, 0.25) is 0 Å². The monoisotopic (exact) mass is 592 g/mol. The Kier molecular flexibility index (Phi) is 8.07. The van der Waals surface area contributed by atoms with Gasteiger partial charge in [0, 0.05) is 19.2 Å². The molecule has 2 aliphatic rings. The van der Waals surface area contributed by atoms with Crippen LogP contribution in [-0.2, 0) is 25.6 Å². The Hall–Kier alpha value is -4.24. The number of halogens is 1. The van der Waals surface area contributed by atoms with E-state index in [0.29, 0.717) is 26.3 Å². The minimum Gasteiger partial charge on any atom is -0.476 e. The number of ether oxygens (including phenoxy) is 3. The molecular formula is C23H21BrN4O10. The molecule has 1 aromatic carbocycles. The van der Waals surface area contributed by atoms with Crippen molar-refractivity contribution in [3.63, 3.8) is 0 Å². The van der Waals surface area contributed by atoms with Crippen LogP contribution in [-0.4, -0.2) is 78.6 Å². The molecule has 0 atom stereocenters. The zero-order chi connectivity index (χ0) is 27.4. The number of esters is 1. The molecule has 0 unspecified atom stereocenters. The number of nitrogens with zero attached hydrogens (tertiary/aromatic N) is 3. The fourth-order valence-electron chi connectivity index (χ4n) is 3.71. The summed E-state index contributed by atoms with van der Waals surface area (Å²) in [6.45, 7) is 0.951. The lowest BCUT2D eigenvalue weighted by atomic mass is 10.1. The van der Waals surface area contributed by atoms with Crippen molar-refractivity contribution in [1.29, 1.82) is 0 Å². The van der Waals surface area contributed by atoms with Crippen LogP contribution in [0.3, 0.4) is 0 Å². The SMILES string of the molecule is COC(=O)c1ccc(CN2C(=O)N/C(=C\c3cc(Br)c(OCC(=O)N4CCOCC4)c([N+](=O)[O-])c3)C2=O)o1. The van der Waals surface area contributed by atoms with Crippen LogP contribution in [0.15, 0.2) is 38.9 Å². The molecule has 2 fully saturated rings. The molecule has 200 valence electrons. The lowest BCUT2D eigenvalue weighted by molar-refractivity contribution is -0.385. The average molecular weight is 593 g/mol. The summed E-state index contributed by atoms with van der Waals surface area (Å²) in [7, 11) is 1.19. The molecule has 0 bridgehead atoms. The Morgan fingerprint density at radius 2 is 1.97 bits per heavy atom. The highest BCUT2D eigenvalue weighted by molar-refractivity contribution is 9.10. The van der Waals surface area contributed by atoms with Gasteiger partial charge >= 0.3 is 17.7 Å². The van der Waals surface area contributed by atoms with Gasteiger partial charge < -0.3 is 28.8 Å². The predicted molar refractivity (Wildman–Crippen MR) is 131 cm³/mol. The minimum absolute atomic E-state index is 0.0866. The minimum atomic E-state index is -0.743. The number of hydrogen-bond donors (Lipinski definition) is 1. The van der Waals surface area contributed by atoms with Gasteiger partial charge in [0.15, 0.2) is 6.61 Å². The maximum atomic E-state index is 12.8. The topological polar surface area (TPSA) is 171 Å². The molecule has 14 nitrogen and oxygen atoms in total. The van der Waals surface area contributed by atoms with Crippen LogP contribution >= 0.6 is 15.9 Å². The van der Waals surface area contributed by atoms with E-state index in [4.69, 9.17) is 13.9 Å². The molecule has 0 radical (unpaired) electrons. The highest BCUT2D eigenvalue weighted by Gasteiger charge is 2.35. The van der Waals surface area contributed by atoms with Crippen molar-refractivity contribution in [3.8, 4) is 5.75 Å². The number of nitrogens with one attached hydrogen (secondary N) is 1. The number of benzene rings is 1. The van der Waals surface area contributed by atoms with E-state index in [2.05, 4.69) is 26.0 Å². The summed E-state index contributed by atoms with van der Waals surface area (Å²) in [5, 5.41) is 14.1. The molecule has 2 aromatic rings. The van der Waals surface area contributed by atoms with Gasteiger partial charge in [0.1, 0.15) is 11.5 Å². The van der Waals surface area contributed by atoms with Crippen LogP contribution in [0.5, 0.6) is 5.75 Å². The fraction of sp³-hybridized carbons (Fsp3) is 0.304. The standard InChI is InChI=1S/C23H21BrN4O10/c1-35-22(31)18-3-2-14(38-18)11-27-21(30)16(25-23(27)32)9-13-8-15(24)20(17(10-13)28(33)34)37-12-19(29)26-4-6-36-7-5-26/h2-3,8-10H,4-7,11-12H2,1H3,(H,25,32)/b16-9-. The summed E-state index contributed by atoms with van der Waals surface area (Å²) in [6, 6.07) is 4.64. The molecule has 2 saturated heterocycles. The molecule has 3 heterocycles. The number of methoxy groups -OCH3 is 1. The zero-order valence-electron chi connectivity index (χ0n) is 19.9. The van der Waals surface area contributed by atoms with Gasteiger partial charge in [-0.05, 0) is 45.8 Å². The van der Waals surface area contributed by atoms with Crippen molar-refractivity contribution in [3.05, 3.63) is 61.6 Å². The second-order valence-electron chi connectivity index (χ2n) is 8.03. The Morgan fingerprint density at radius 3 is 2.66 bits per heavy atom. The fourth-order valence-corrected chi connectivity index (χ4v) is 4.29. The van der Waals surface area contributed by atoms with Gasteiger partial charge in [-0.25, -0.2) is 9.59 Å². The first kappa shape index (κ1) is 26.8. The number of nitro groups is 1. The number of furan rings is 1. The Balaban J connectivity index is 1.50. The lowest BCUT2D eigenvalue weighted by Crippen LogP contribution is -2.43. The van der Waals surface area contributed by atoms with Crippen LogP contribution in [0.25, 0.3) is 6.08 Å². The van der Waals surface area contributed by atoms with Gasteiger partial charge in [0.25, 0.3) is 11.8 Å². The number of morpholine rings is 1. The van der Waals surface area contributed by atoms with E-state index < -0.39 is 35.1 Å². The van der Waals surface area contributed by atoms with Gasteiger partial charge in [-0.15, -0.1) is 0 Å². The molecule has 0 saturated carbocycles. The lowest BCUT2D eigenvalue weighted by Gasteiger charge is -2.26. The number of carbonyl (C=O) groups excluding carboxylic acids is 4. The third kappa shape index (κ3) is 5.84. The number of amides is 4. The van der Waals surface area contributed by atoms with E-state index in [1.165, 1.54) is 31.4 Å². The molecule has 1 aromatic heterocycles. The molecule has 0 spiro atoms. The van der Waals surface area contributed by atoms with E-state index in [9.17, 15) is 29.3 Å². The van der Waals surface area contributed by atoms with Crippen LogP contribution in [0, 0.1) is 10.1 Å². The predicted octanol–water partition coefficient (Wildman–Crippen LogP) is 2.07. The van der Waals surface area contributed by atoms with Crippen molar-refractivity contribution >= 4 is 51.5 Å². The third-order valence-electron chi connectivity index (χ3n) is 5.58. The highest BCUT2D eigenvalue weighted by Crippen LogP contribution is 2.37. The van der Waals surface area contributed by atoms with Crippen molar-refractivity contribution in [1.82, 2.24) is 15.1 Å². The smallest absolute Gasteiger partial charge is 0.373 e. The van der Waals surface area contributed by atoms with Crippen molar-refractivity contribution in [2.75, 3.05) is 40.0 Å². The molecular weight excluding hydrogens is 572 g/mol. The molecule has 4 rings (SSSR count). The summed E-state index contributed by atoms with van der Waals surface area (Å²) in [6.07, 6.45) is 1.27. The number of nitro benzene ring substituents is 1. The van der Waals surface area contributed by atoms with Gasteiger partial charge in [-0.1, -0.05) is 0 Å². The first-order valence-electron chi connectivity index (χ1n) is 11.2. The zero-order valence-corrected chi connectivity index (χ0v) is 21.5. The van der Waals surface area contributed by atoms with Gasteiger partial charge in [-0.3, -0.25) is 24.6 Å². The number of imide groups is 1. The van der Waals surface area contributed by atoms with E-state index in [0.717, 1.165) is 11.0 Å². The normalized spacial score (nSPS) is 16.5. The second-order valence-corrected chi connectivity index (χ2v) is 8.88. The average Bonchev–Trinajstić information content (AvgIpc) is 3.48. The second kappa shape index (κ2) is 11.4. The van der Waals surface area contributed by atoms with Crippen molar-refractivity contribution in [2.24, 2.45) is 0 Å². The van der Waals surface area contributed by atoms with Gasteiger partial charge in [-0.2, -0.15) is 0 Å². The first-order valence-corrected chi connectivity index (χ1v) is 11.9. The van der Waals surface area contributed by atoms with Gasteiger partial charge in [0.2, 0.25) is 11.5 Å². The number of rotatable bonds is 8. The van der Waals surface area contributed by atoms with E-state index in [1.807, 2.05) is 0 Å². The Labute approximate surface area is 223 Å². The first-order chi connectivity index (χ1) is 18.2. The molecule has 38 heavy (non-hydrogen) atoms. The van der Waals surface area contributed by atoms with E-state index in [-0.39, 0.29) is 45.5 Å².